The molecule has 0 bridgehead atoms. The highest BCUT2D eigenvalue weighted by molar-refractivity contribution is 7.90. The van der Waals surface area contributed by atoms with Crippen LogP contribution in [-0.4, -0.2) is 64.9 Å². The molecule has 0 unspecified atom stereocenters. The van der Waals surface area contributed by atoms with E-state index in [4.69, 9.17) is 0 Å². The molecule has 0 spiro atoms. The highest BCUT2D eigenvalue weighted by Crippen LogP contribution is 2.41. The lowest BCUT2D eigenvalue weighted by Gasteiger charge is -2.16. The number of benzene rings is 2. The van der Waals surface area contributed by atoms with Crippen molar-refractivity contribution in [1.82, 2.24) is 0 Å². The van der Waals surface area contributed by atoms with Crippen LogP contribution in [0.3, 0.4) is 0 Å². The Morgan fingerprint density at radius 3 is 1.07 bits per heavy atom. The maximum absolute atomic E-state index is 11.8. The maximum Gasteiger partial charge on any atom is 0.296 e. The number of fused-ring (bicyclic) bond motifs is 1. The molecule has 0 fully saturated rings. The summed E-state index contributed by atoms with van der Waals surface area (Å²) in [4.78, 5) is -9.10. The second-order valence-electron chi connectivity index (χ2n) is 5.39. The number of hydrogen-bond donors (Lipinski definition) is 5. The molecule has 0 saturated heterocycles. The summed E-state index contributed by atoms with van der Waals surface area (Å²) in [5.74, 6) is 0. The maximum atomic E-state index is 11.8. The van der Waals surface area contributed by atoms with Gasteiger partial charge < -0.3 is 0 Å². The Hall–Kier alpha value is -1.75. The van der Waals surface area contributed by atoms with Gasteiger partial charge >= 0.3 is 0 Å². The third kappa shape index (κ3) is 4.46. The fourth-order valence-electron chi connectivity index (χ4n) is 2.50. The summed E-state index contributed by atoms with van der Waals surface area (Å²) in [6.45, 7) is 0. The van der Waals surface area contributed by atoms with Crippen molar-refractivity contribution in [3.8, 4) is 0 Å². The van der Waals surface area contributed by atoms with Crippen LogP contribution in [-0.2, 0) is 50.6 Å². The molecule has 0 heterocycles. The van der Waals surface area contributed by atoms with Gasteiger partial charge in [0, 0.05) is 10.8 Å². The second-order valence-corrected chi connectivity index (χ2v) is 12.3. The zero-order valence-corrected chi connectivity index (χ0v) is 17.7. The minimum absolute atomic E-state index is 0.122. The van der Waals surface area contributed by atoms with E-state index < -0.39 is 85.8 Å². The van der Waals surface area contributed by atoms with Crippen LogP contribution in [0, 0.1) is 0 Å². The lowest BCUT2D eigenvalue weighted by atomic mass is 10.1. The van der Waals surface area contributed by atoms with Crippen molar-refractivity contribution in [3.63, 3.8) is 0 Å². The molecule has 2 rings (SSSR count). The molecule has 0 saturated carbocycles. The molecule has 0 aliphatic rings. The summed E-state index contributed by atoms with van der Waals surface area (Å²) in [5.41, 5.74) is 0. The van der Waals surface area contributed by atoms with Crippen LogP contribution in [0.2, 0.25) is 0 Å². The molecule has 0 atom stereocenters. The van der Waals surface area contributed by atoms with Crippen molar-refractivity contribution < 1.29 is 64.9 Å². The van der Waals surface area contributed by atoms with Crippen molar-refractivity contribution in [2.24, 2.45) is 0 Å². The zero-order valence-electron chi connectivity index (χ0n) is 13.6. The van der Waals surface area contributed by atoms with Crippen molar-refractivity contribution in [1.29, 1.82) is 0 Å². The van der Waals surface area contributed by atoms with E-state index in [1.165, 1.54) is 0 Å². The Balaban J connectivity index is 3.71. The van der Waals surface area contributed by atoms with E-state index in [-0.39, 0.29) is 18.2 Å². The van der Waals surface area contributed by atoms with E-state index in [0.717, 1.165) is 0 Å². The molecule has 0 amide bonds. The van der Waals surface area contributed by atoms with Crippen LogP contribution in [0.5, 0.6) is 0 Å². The Bertz CT molecular complexity index is 1630. The van der Waals surface area contributed by atoms with Crippen LogP contribution in [0.25, 0.3) is 10.8 Å². The van der Waals surface area contributed by atoms with Crippen molar-refractivity contribution in [3.05, 3.63) is 18.2 Å². The largest absolute Gasteiger partial charge is 0.296 e. The van der Waals surface area contributed by atoms with Gasteiger partial charge in [0.2, 0.25) is 0 Å². The lowest BCUT2D eigenvalue weighted by molar-refractivity contribution is 0.465. The molecule has 2 aromatic carbocycles. The highest BCUT2D eigenvalue weighted by Gasteiger charge is 2.36. The van der Waals surface area contributed by atoms with Gasteiger partial charge in [0.25, 0.3) is 50.6 Å². The molecule has 20 heteroatoms. The normalized spacial score (nSPS) is 14.2. The summed E-state index contributed by atoms with van der Waals surface area (Å²) in [6.07, 6.45) is 0. The topological polar surface area (TPSA) is 272 Å². The molecule has 5 N–H and O–H groups in total. The highest BCUT2D eigenvalue weighted by atomic mass is 32.2. The summed E-state index contributed by atoms with van der Waals surface area (Å²) in [5, 5.41) is -3.41. The van der Waals surface area contributed by atoms with Gasteiger partial charge in [-0.3, -0.25) is 22.8 Å². The van der Waals surface area contributed by atoms with E-state index >= 15 is 0 Å². The molecule has 2 aromatic rings. The average molecular weight is 528 g/mol. The first-order valence-electron chi connectivity index (χ1n) is 6.59. The van der Waals surface area contributed by atoms with Gasteiger partial charge in [-0.1, -0.05) is 0 Å². The first-order valence-corrected chi connectivity index (χ1v) is 13.8. The fourth-order valence-corrected chi connectivity index (χ4v) is 6.87. The lowest BCUT2D eigenvalue weighted by Crippen LogP contribution is -2.15. The van der Waals surface area contributed by atoms with Gasteiger partial charge in [0.15, 0.2) is 0 Å². The standard InChI is InChI=1S/C10H8O15S5/c11-26(12,13)4-1-2-5(27(14,15)16)9-8(4)6(28(17,18)19)3-7(29(20,21)22)10(9)30(23,24)25/h1-3H,(H,11,12,13)(H,14,15,16)(H,17,18,19)(H,20,21,22)(H,23,24,25). The Labute approximate surface area is 168 Å². The van der Waals surface area contributed by atoms with Crippen LogP contribution in [0.4, 0.5) is 0 Å². The summed E-state index contributed by atoms with van der Waals surface area (Å²) >= 11 is 0. The molecule has 0 aliphatic heterocycles. The van der Waals surface area contributed by atoms with Crippen molar-refractivity contribution >= 4 is 61.4 Å². The quantitative estimate of drug-likeness (QED) is 0.293. The molecule has 0 aromatic heterocycles. The zero-order chi connectivity index (χ0) is 23.7. The van der Waals surface area contributed by atoms with E-state index in [9.17, 15) is 64.9 Å². The van der Waals surface area contributed by atoms with E-state index in [0.29, 0.717) is 0 Å². The average Bonchev–Trinajstić information content (AvgIpc) is 2.46. The van der Waals surface area contributed by atoms with E-state index in [1.54, 1.807) is 0 Å². The van der Waals surface area contributed by atoms with Crippen LogP contribution in [0.1, 0.15) is 0 Å². The predicted molar refractivity (Wildman–Crippen MR) is 93.0 cm³/mol. The molecule has 0 aliphatic carbocycles. The van der Waals surface area contributed by atoms with Gasteiger partial charge in [-0.25, -0.2) is 0 Å². The third-order valence-corrected chi connectivity index (χ3v) is 8.07. The van der Waals surface area contributed by atoms with Gasteiger partial charge in [0.05, 0.1) is 0 Å². The Kier molecular flexibility index (Phi) is 5.62. The minimum atomic E-state index is -5.92. The molecule has 168 valence electrons. The van der Waals surface area contributed by atoms with Gasteiger partial charge in [0.1, 0.15) is 24.5 Å². The summed E-state index contributed by atoms with van der Waals surface area (Å²) < 4.78 is 163. The van der Waals surface area contributed by atoms with E-state index in [1.807, 2.05) is 0 Å². The monoisotopic (exact) mass is 528 g/mol. The van der Waals surface area contributed by atoms with Gasteiger partial charge in [-0.15, -0.1) is 0 Å². The van der Waals surface area contributed by atoms with Crippen molar-refractivity contribution in [2.75, 3.05) is 0 Å². The van der Waals surface area contributed by atoms with Crippen LogP contribution in [0.15, 0.2) is 42.7 Å². The van der Waals surface area contributed by atoms with E-state index in [2.05, 4.69) is 0 Å². The van der Waals surface area contributed by atoms with Crippen molar-refractivity contribution in [2.45, 2.75) is 24.5 Å². The predicted octanol–water partition coefficient (Wildman–Crippen LogP) is -0.927. The van der Waals surface area contributed by atoms with Crippen LogP contribution >= 0.6 is 0 Å². The number of hydrogen-bond acceptors (Lipinski definition) is 10. The SMILES string of the molecule is O=S(=O)(O)c1cc(S(=O)(=O)O)c2c(S(=O)(=O)O)ccc(S(=O)(=O)O)c2c1S(=O)(=O)O. The first-order chi connectivity index (χ1) is 13.1. The molecular formula is C10H8O15S5. The minimum Gasteiger partial charge on any atom is -0.282 e. The third-order valence-electron chi connectivity index (χ3n) is 3.46. The van der Waals surface area contributed by atoms with Gasteiger partial charge in [-0.2, -0.15) is 42.1 Å². The molecule has 30 heavy (non-hydrogen) atoms. The Morgan fingerprint density at radius 1 is 0.433 bits per heavy atom. The van der Waals surface area contributed by atoms with Gasteiger partial charge in [-0.05, 0) is 18.2 Å². The fraction of sp³-hybridized carbons (Fsp3) is 0. The second kappa shape index (κ2) is 6.88. The molecular weight excluding hydrogens is 520 g/mol. The summed E-state index contributed by atoms with van der Waals surface area (Å²) in [7, 11) is -28.6. The Morgan fingerprint density at radius 2 is 0.767 bits per heavy atom. The smallest absolute Gasteiger partial charge is 0.282 e. The number of rotatable bonds is 5. The summed E-state index contributed by atoms with van der Waals surface area (Å²) in [6, 6.07) is -0.00804. The molecule has 0 radical (unpaired) electrons. The first kappa shape index (κ1) is 24.5. The van der Waals surface area contributed by atoms with Crippen LogP contribution < -0.4 is 0 Å². The molecule has 15 nitrogen and oxygen atoms in total.